The maximum absolute atomic E-state index is 13.1. The van der Waals surface area contributed by atoms with Crippen LogP contribution in [0.15, 0.2) is 54.6 Å². The van der Waals surface area contributed by atoms with E-state index in [1.165, 1.54) is 4.90 Å². The van der Waals surface area contributed by atoms with Crippen molar-refractivity contribution in [3.05, 3.63) is 65.7 Å². The number of rotatable bonds is 14. The molecule has 8 nitrogen and oxygen atoms in total. The molecule has 3 rings (SSSR count). The molecule has 0 aliphatic carbocycles. The molecule has 2 aromatic carbocycles. The molecule has 2 amide bonds. The molecule has 1 heterocycles. The Bertz CT molecular complexity index is 885. The average molecular weight is 484 g/mol. The minimum Gasteiger partial charge on any atom is -0.489 e. The second-order valence-electron chi connectivity index (χ2n) is 8.49. The fourth-order valence-corrected chi connectivity index (χ4v) is 3.88. The van der Waals surface area contributed by atoms with Crippen LogP contribution in [0.5, 0.6) is 5.75 Å². The van der Waals surface area contributed by atoms with Crippen molar-refractivity contribution in [1.82, 2.24) is 10.2 Å². The van der Waals surface area contributed by atoms with Gasteiger partial charge in [-0.3, -0.25) is 14.5 Å². The Morgan fingerprint density at radius 1 is 0.914 bits per heavy atom. The van der Waals surface area contributed by atoms with Gasteiger partial charge in [0, 0.05) is 6.54 Å². The Morgan fingerprint density at radius 3 is 2.34 bits per heavy atom. The van der Waals surface area contributed by atoms with E-state index in [-0.39, 0.29) is 37.4 Å². The fourth-order valence-electron chi connectivity index (χ4n) is 3.88. The highest BCUT2D eigenvalue weighted by Gasteiger charge is 2.29. The lowest BCUT2D eigenvalue weighted by molar-refractivity contribution is -0.147. The molecule has 0 bridgehead atoms. The average Bonchev–Trinajstić information content (AvgIpc) is 2.90. The summed E-state index contributed by atoms with van der Waals surface area (Å²) in [4.78, 5) is 27.6. The normalized spacial score (nSPS) is 15.5. The van der Waals surface area contributed by atoms with Gasteiger partial charge in [-0.25, -0.2) is 0 Å². The number of nitrogens with zero attached hydrogens (tertiary/aromatic N) is 1. The third kappa shape index (κ3) is 9.41. The Balaban J connectivity index is 1.53. The van der Waals surface area contributed by atoms with Crippen LogP contribution in [0.2, 0.25) is 0 Å². The first-order valence-electron chi connectivity index (χ1n) is 12.4. The summed E-state index contributed by atoms with van der Waals surface area (Å²) in [6.07, 6.45) is 2.90. The van der Waals surface area contributed by atoms with Crippen molar-refractivity contribution in [1.29, 1.82) is 0 Å². The summed E-state index contributed by atoms with van der Waals surface area (Å²) >= 11 is 0. The molecule has 0 saturated carbocycles. The molecule has 1 fully saturated rings. The molecule has 2 aromatic rings. The van der Waals surface area contributed by atoms with E-state index in [2.05, 4.69) is 5.32 Å². The lowest BCUT2D eigenvalue weighted by Crippen LogP contribution is -2.51. The molecule has 1 unspecified atom stereocenters. The van der Waals surface area contributed by atoms with E-state index in [1.54, 1.807) is 0 Å². The summed E-state index contributed by atoms with van der Waals surface area (Å²) in [5.74, 6) is 0.318. The molecule has 3 N–H and O–H groups in total. The number of imide groups is 1. The quantitative estimate of drug-likeness (QED) is 0.398. The number of hydrogen-bond acceptors (Lipinski definition) is 7. The highest BCUT2D eigenvalue weighted by atomic mass is 16.5. The maximum Gasteiger partial charge on any atom is 0.246 e. The summed E-state index contributed by atoms with van der Waals surface area (Å²) in [7, 11) is 0. The first kappa shape index (κ1) is 26.8. The predicted molar refractivity (Wildman–Crippen MR) is 134 cm³/mol. The molecule has 0 spiro atoms. The first-order chi connectivity index (χ1) is 17.2. The van der Waals surface area contributed by atoms with E-state index < -0.39 is 0 Å². The van der Waals surface area contributed by atoms with Gasteiger partial charge in [-0.2, -0.15) is 0 Å². The fraction of sp³-hybridized carbons (Fsp3) is 0.481. The maximum atomic E-state index is 13.1. The standard InChI is InChI=1S/C27H37N3O5/c28-13-16-33-18-19-34-17-15-30(27(32)25-8-4-5-14-29-25)26(31)20-22-9-11-24(12-10-22)35-21-23-6-2-1-3-7-23/h1-3,6-7,9-12,25,29H,4-5,8,13-21,28H2. The molecule has 35 heavy (non-hydrogen) atoms. The van der Waals surface area contributed by atoms with E-state index in [1.807, 2.05) is 54.6 Å². The van der Waals surface area contributed by atoms with Gasteiger partial charge in [-0.05, 0) is 42.6 Å². The van der Waals surface area contributed by atoms with Crippen LogP contribution in [-0.4, -0.2) is 68.8 Å². The van der Waals surface area contributed by atoms with Crippen molar-refractivity contribution in [2.24, 2.45) is 5.73 Å². The molecule has 0 aromatic heterocycles. The number of nitrogens with two attached hydrogens (primary N) is 1. The second-order valence-corrected chi connectivity index (χ2v) is 8.49. The molecule has 8 heteroatoms. The lowest BCUT2D eigenvalue weighted by Gasteiger charge is -2.29. The summed E-state index contributed by atoms with van der Waals surface area (Å²) in [6, 6.07) is 17.1. The molecule has 1 atom stereocenters. The van der Waals surface area contributed by atoms with Crippen LogP contribution in [0, 0.1) is 0 Å². The van der Waals surface area contributed by atoms with Crippen LogP contribution in [-0.2, 0) is 32.1 Å². The van der Waals surface area contributed by atoms with Gasteiger partial charge in [0.1, 0.15) is 12.4 Å². The number of hydrogen-bond donors (Lipinski definition) is 2. The zero-order valence-corrected chi connectivity index (χ0v) is 20.3. The minimum absolute atomic E-state index is 0.136. The molecular formula is C27H37N3O5. The van der Waals surface area contributed by atoms with E-state index in [0.717, 1.165) is 42.7 Å². The molecular weight excluding hydrogens is 446 g/mol. The highest BCUT2D eigenvalue weighted by Crippen LogP contribution is 2.16. The van der Waals surface area contributed by atoms with E-state index in [0.29, 0.717) is 33.0 Å². The van der Waals surface area contributed by atoms with Crippen LogP contribution >= 0.6 is 0 Å². The third-order valence-corrected chi connectivity index (χ3v) is 5.80. The number of carbonyl (C=O) groups is 2. The Morgan fingerprint density at radius 2 is 1.66 bits per heavy atom. The molecule has 190 valence electrons. The van der Waals surface area contributed by atoms with Gasteiger partial charge in [0.25, 0.3) is 0 Å². The zero-order chi connectivity index (χ0) is 24.7. The Hall–Kier alpha value is -2.78. The van der Waals surface area contributed by atoms with Crippen LogP contribution in [0.3, 0.4) is 0 Å². The molecule has 1 aliphatic heterocycles. The summed E-state index contributed by atoms with van der Waals surface area (Å²) < 4.78 is 16.7. The second kappa shape index (κ2) is 15.3. The number of amides is 2. The van der Waals surface area contributed by atoms with E-state index >= 15 is 0 Å². The molecule has 1 saturated heterocycles. The van der Waals surface area contributed by atoms with Gasteiger partial charge in [0.05, 0.1) is 45.4 Å². The van der Waals surface area contributed by atoms with Crippen molar-refractivity contribution in [2.75, 3.05) is 46.1 Å². The summed E-state index contributed by atoms with van der Waals surface area (Å²) in [5, 5.41) is 3.25. The largest absolute Gasteiger partial charge is 0.489 e. The zero-order valence-electron chi connectivity index (χ0n) is 20.3. The first-order valence-corrected chi connectivity index (χ1v) is 12.4. The number of nitrogens with one attached hydrogen (secondary N) is 1. The van der Waals surface area contributed by atoms with Crippen molar-refractivity contribution >= 4 is 11.8 Å². The smallest absolute Gasteiger partial charge is 0.246 e. The SMILES string of the molecule is NCCOCCOCCN(C(=O)Cc1ccc(OCc2ccccc2)cc1)C(=O)C1CCCCN1. The number of piperidine rings is 1. The van der Waals surface area contributed by atoms with Crippen LogP contribution in [0.25, 0.3) is 0 Å². The van der Waals surface area contributed by atoms with Crippen molar-refractivity contribution in [2.45, 2.75) is 38.3 Å². The number of ether oxygens (including phenoxy) is 3. The lowest BCUT2D eigenvalue weighted by atomic mass is 10.0. The van der Waals surface area contributed by atoms with Crippen LogP contribution in [0.4, 0.5) is 0 Å². The van der Waals surface area contributed by atoms with E-state index in [4.69, 9.17) is 19.9 Å². The highest BCUT2D eigenvalue weighted by molar-refractivity contribution is 5.98. The Kier molecular flexibility index (Phi) is 11.7. The summed E-state index contributed by atoms with van der Waals surface area (Å²) in [5.41, 5.74) is 7.31. The topological polar surface area (TPSA) is 103 Å². The Labute approximate surface area is 207 Å². The number of benzene rings is 2. The third-order valence-electron chi connectivity index (χ3n) is 5.80. The number of carbonyl (C=O) groups excluding carboxylic acids is 2. The van der Waals surface area contributed by atoms with Gasteiger partial charge in [-0.15, -0.1) is 0 Å². The van der Waals surface area contributed by atoms with Crippen LogP contribution in [0.1, 0.15) is 30.4 Å². The van der Waals surface area contributed by atoms with Crippen molar-refractivity contribution in [3.8, 4) is 5.75 Å². The summed E-state index contributed by atoms with van der Waals surface area (Å²) in [6.45, 7) is 3.52. The molecule has 0 radical (unpaired) electrons. The van der Waals surface area contributed by atoms with Gasteiger partial charge in [0.15, 0.2) is 0 Å². The van der Waals surface area contributed by atoms with Crippen molar-refractivity contribution in [3.63, 3.8) is 0 Å². The van der Waals surface area contributed by atoms with Gasteiger partial charge >= 0.3 is 0 Å². The van der Waals surface area contributed by atoms with Gasteiger partial charge in [-0.1, -0.05) is 48.9 Å². The minimum atomic E-state index is -0.325. The predicted octanol–water partition coefficient (Wildman–Crippen LogP) is 2.30. The van der Waals surface area contributed by atoms with Gasteiger partial charge < -0.3 is 25.3 Å². The van der Waals surface area contributed by atoms with Gasteiger partial charge in [0.2, 0.25) is 11.8 Å². The van der Waals surface area contributed by atoms with E-state index in [9.17, 15) is 9.59 Å². The van der Waals surface area contributed by atoms with Crippen molar-refractivity contribution < 1.29 is 23.8 Å². The van der Waals surface area contributed by atoms with Crippen LogP contribution < -0.4 is 15.8 Å². The monoisotopic (exact) mass is 483 g/mol. The molecule has 1 aliphatic rings.